The number of anilines is 3. The Kier molecular flexibility index (Phi) is 6.05. The van der Waals surface area contributed by atoms with Crippen molar-refractivity contribution in [1.82, 2.24) is 0 Å². The van der Waals surface area contributed by atoms with Gasteiger partial charge in [0.15, 0.2) is 0 Å². The molecule has 0 aliphatic carbocycles. The van der Waals surface area contributed by atoms with Crippen LogP contribution in [0.4, 0.5) is 17.1 Å². The highest BCUT2D eigenvalue weighted by Crippen LogP contribution is 2.22. The highest BCUT2D eigenvalue weighted by atomic mass is 16.2. The second-order valence-corrected chi connectivity index (χ2v) is 6.30. The minimum Gasteiger partial charge on any atom is -0.376 e. The minimum absolute atomic E-state index is 0.00595. The molecule has 138 valence electrons. The number of nitrogens with one attached hydrogen (secondary N) is 3. The van der Waals surface area contributed by atoms with Crippen LogP contribution in [0.2, 0.25) is 0 Å². The molecule has 3 aromatic rings. The van der Waals surface area contributed by atoms with Gasteiger partial charge in [0.2, 0.25) is 11.8 Å². The van der Waals surface area contributed by atoms with E-state index in [-0.39, 0.29) is 18.4 Å². The third-order valence-corrected chi connectivity index (χ3v) is 4.16. The summed E-state index contributed by atoms with van der Waals surface area (Å²) in [5, 5.41) is 11.1. The number of fused-ring (bicyclic) bond motifs is 1. The molecule has 0 aromatic heterocycles. The Morgan fingerprint density at radius 2 is 1.41 bits per heavy atom. The predicted molar refractivity (Wildman–Crippen MR) is 111 cm³/mol. The molecule has 0 bridgehead atoms. The third-order valence-electron chi connectivity index (χ3n) is 4.16. The molecule has 0 aliphatic rings. The van der Waals surface area contributed by atoms with Crippen LogP contribution in [0.1, 0.15) is 19.8 Å². The van der Waals surface area contributed by atoms with Gasteiger partial charge in [-0.2, -0.15) is 0 Å². The number of hydrogen-bond donors (Lipinski definition) is 3. The van der Waals surface area contributed by atoms with Gasteiger partial charge < -0.3 is 16.0 Å². The standard InChI is InChI=1S/C22H23N3O2/c1-2-6-21(26)24-17-11-13-18(14-12-17)25-22(27)15-23-20-10-5-8-16-7-3-4-9-19(16)20/h3-5,7-14,23H,2,6,15H2,1H3,(H,24,26)(H,25,27). The van der Waals surface area contributed by atoms with Crippen LogP contribution in [0.5, 0.6) is 0 Å². The van der Waals surface area contributed by atoms with Crippen LogP contribution in [-0.4, -0.2) is 18.4 Å². The van der Waals surface area contributed by atoms with E-state index in [1.165, 1.54) is 0 Å². The van der Waals surface area contributed by atoms with E-state index in [4.69, 9.17) is 0 Å². The number of carbonyl (C=O) groups excluding carboxylic acids is 2. The summed E-state index contributed by atoms with van der Waals surface area (Å²) >= 11 is 0. The van der Waals surface area contributed by atoms with Crippen LogP contribution in [0, 0.1) is 0 Å². The number of amides is 2. The van der Waals surface area contributed by atoms with E-state index in [1.807, 2.05) is 49.4 Å². The molecule has 0 atom stereocenters. The summed E-state index contributed by atoms with van der Waals surface area (Å²) in [7, 11) is 0. The third kappa shape index (κ3) is 5.07. The molecule has 0 aliphatic heterocycles. The lowest BCUT2D eigenvalue weighted by atomic mass is 10.1. The maximum atomic E-state index is 12.2. The molecule has 0 spiro atoms. The molecule has 0 fully saturated rings. The largest absolute Gasteiger partial charge is 0.376 e. The van der Waals surface area contributed by atoms with Gasteiger partial charge >= 0.3 is 0 Å². The average Bonchev–Trinajstić information content (AvgIpc) is 2.68. The van der Waals surface area contributed by atoms with Crippen molar-refractivity contribution < 1.29 is 9.59 Å². The summed E-state index contributed by atoms with van der Waals surface area (Å²) in [6.45, 7) is 2.13. The molecule has 27 heavy (non-hydrogen) atoms. The number of carbonyl (C=O) groups is 2. The van der Waals surface area contributed by atoms with E-state index < -0.39 is 0 Å². The molecular weight excluding hydrogens is 338 g/mol. The Morgan fingerprint density at radius 3 is 2.11 bits per heavy atom. The van der Waals surface area contributed by atoms with Crippen LogP contribution >= 0.6 is 0 Å². The Labute approximate surface area is 158 Å². The highest BCUT2D eigenvalue weighted by Gasteiger charge is 2.05. The molecule has 3 N–H and O–H groups in total. The minimum atomic E-state index is -0.134. The first-order valence-electron chi connectivity index (χ1n) is 9.07. The summed E-state index contributed by atoms with van der Waals surface area (Å²) in [5.74, 6) is -0.140. The van der Waals surface area contributed by atoms with Crippen molar-refractivity contribution in [3.8, 4) is 0 Å². The summed E-state index contributed by atoms with van der Waals surface area (Å²) in [6.07, 6.45) is 1.31. The van der Waals surface area contributed by atoms with Crippen molar-refractivity contribution in [2.45, 2.75) is 19.8 Å². The van der Waals surface area contributed by atoms with Crippen LogP contribution < -0.4 is 16.0 Å². The maximum absolute atomic E-state index is 12.2. The van der Waals surface area contributed by atoms with Crippen LogP contribution in [-0.2, 0) is 9.59 Å². The molecule has 0 heterocycles. The Bertz CT molecular complexity index is 930. The molecule has 0 unspecified atom stereocenters. The molecule has 0 radical (unpaired) electrons. The van der Waals surface area contributed by atoms with Gasteiger partial charge in [0.25, 0.3) is 0 Å². The normalized spacial score (nSPS) is 10.4. The topological polar surface area (TPSA) is 70.2 Å². The zero-order valence-electron chi connectivity index (χ0n) is 15.3. The summed E-state index contributed by atoms with van der Waals surface area (Å²) in [4.78, 5) is 23.8. The van der Waals surface area contributed by atoms with Crippen LogP contribution in [0.3, 0.4) is 0 Å². The molecule has 2 amide bonds. The molecule has 5 nitrogen and oxygen atoms in total. The fourth-order valence-electron chi connectivity index (χ4n) is 2.85. The van der Waals surface area contributed by atoms with Crippen molar-refractivity contribution in [3.63, 3.8) is 0 Å². The van der Waals surface area contributed by atoms with Gasteiger partial charge in [-0.05, 0) is 42.1 Å². The summed E-state index contributed by atoms with van der Waals surface area (Å²) < 4.78 is 0. The fraction of sp³-hybridized carbons (Fsp3) is 0.182. The van der Waals surface area contributed by atoms with Crippen molar-refractivity contribution in [1.29, 1.82) is 0 Å². The lowest BCUT2D eigenvalue weighted by Gasteiger charge is -2.11. The quantitative estimate of drug-likeness (QED) is 0.575. The lowest BCUT2D eigenvalue weighted by molar-refractivity contribution is -0.116. The zero-order chi connectivity index (χ0) is 19.1. The first-order valence-corrected chi connectivity index (χ1v) is 9.07. The Hall–Kier alpha value is -3.34. The fourth-order valence-corrected chi connectivity index (χ4v) is 2.85. The maximum Gasteiger partial charge on any atom is 0.243 e. The highest BCUT2D eigenvalue weighted by molar-refractivity contribution is 5.98. The Balaban J connectivity index is 1.55. The smallest absolute Gasteiger partial charge is 0.243 e. The molecule has 5 heteroatoms. The molecular formula is C22H23N3O2. The predicted octanol–water partition coefficient (Wildman–Crippen LogP) is 4.63. The van der Waals surface area contributed by atoms with Crippen molar-refractivity contribution in [2.24, 2.45) is 0 Å². The van der Waals surface area contributed by atoms with Crippen LogP contribution in [0.15, 0.2) is 66.7 Å². The van der Waals surface area contributed by atoms with Gasteiger partial charge in [-0.25, -0.2) is 0 Å². The molecule has 0 saturated heterocycles. The lowest BCUT2D eigenvalue weighted by Crippen LogP contribution is -2.21. The number of rotatable bonds is 7. The van der Waals surface area contributed by atoms with Crippen molar-refractivity contribution in [3.05, 3.63) is 66.7 Å². The van der Waals surface area contributed by atoms with E-state index in [1.54, 1.807) is 24.3 Å². The van der Waals surface area contributed by atoms with E-state index in [9.17, 15) is 9.59 Å². The molecule has 0 saturated carbocycles. The van der Waals surface area contributed by atoms with Crippen molar-refractivity contribution in [2.75, 3.05) is 22.5 Å². The average molecular weight is 361 g/mol. The SMILES string of the molecule is CCCC(=O)Nc1ccc(NC(=O)CNc2cccc3ccccc23)cc1. The van der Waals surface area contributed by atoms with E-state index >= 15 is 0 Å². The Morgan fingerprint density at radius 1 is 0.778 bits per heavy atom. The van der Waals surface area contributed by atoms with Gasteiger partial charge in [0.1, 0.15) is 0 Å². The second kappa shape index (κ2) is 8.85. The van der Waals surface area contributed by atoms with Gasteiger partial charge in [-0.1, -0.05) is 43.3 Å². The monoisotopic (exact) mass is 361 g/mol. The molecule has 3 rings (SSSR count). The van der Waals surface area contributed by atoms with E-state index in [2.05, 4.69) is 16.0 Å². The van der Waals surface area contributed by atoms with Gasteiger partial charge in [-0.3, -0.25) is 9.59 Å². The van der Waals surface area contributed by atoms with Gasteiger partial charge in [0.05, 0.1) is 6.54 Å². The van der Waals surface area contributed by atoms with Gasteiger partial charge in [0, 0.05) is 28.9 Å². The number of hydrogen-bond acceptors (Lipinski definition) is 3. The van der Waals surface area contributed by atoms with Crippen molar-refractivity contribution >= 4 is 39.6 Å². The van der Waals surface area contributed by atoms with E-state index in [0.717, 1.165) is 28.6 Å². The van der Waals surface area contributed by atoms with Gasteiger partial charge in [-0.15, -0.1) is 0 Å². The first kappa shape index (κ1) is 18.5. The summed E-state index contributed by atoms with van der Waals surface area (Å²) in [6, 6.07) is 21.1. The number of benzene rings is 3. The summed E-state index contributed by atoms with van der Waals surface area (Å²) in [5.41, 5.74) is 2.34. The molecule has 3 aromatic carbocycles. The van der Waals surface area contributed by atoms with Crippen LogP contribution in [0.25, 0.3) is 10.8 Å². The first-order chi connectivity index (χ1) is 13.2. The second-order valence-electron chi connectivity index (χ2n) is 6.30. The zero-order valence-corrected chi connectivity index (χ0v) is 15.3. The van der Waals surface area contributed by atoms with E-state index in [0.29, 0.717) is 12.1 Å².